The Morgan fingerprint density at radius 3 is 2.28 bits per heavy atom. The van der Waals surface area contributed by atoms with Gasteiger partial charge in [0.25, 0.3) is 0 Å². The van der Waals surface area contributed by atoms with Gasteiger partial charge in [-0.3, -0.25) is 4.90 Å². The number of aliphatic carboxylic acids is 1. The molecule has 43 heavy (non-hydrogen) atoms. The average molecular weight is 702 g/mol. The Bertz CT molecular complexity index is 1370. The highest BCUT2D eigenvalue weighted by molar-refractivity contribution is 9.11. The number of aryl methyl sites for hydroxylation is 3. The molecule has 0 saturated carbocycles. The number of fused-ring (bicyclic) bond motifs is 3. The van der Waals surface area contributed by atoms with E-state index in [1.807, 2.05) is 4.90 Å². The normalized spacial score (nSPS) is 21.2. The molecule has 6 nitrogen and oxygen atoms in total. The van der Waals surface area contributed by atoms with Crippen LogP contribution in [0, 0.1) is 19.8 Å². The van der Waals surface area contributed by atoms with Gasteiger partial charge in [-0.15, -0.1) is 22.7 Å². The molecule has 0 N–H and O–H groups in total. The summed E-state index contributed by atoms with van der Waals surface area (Å²) in [7, 11) is 0. The molecule has 234 valence electrons. The smallest absolute Gasteiger partial charge is 0.430 e. The van der Waals surface area contributed by atoms with E-state index in [9.17, 15) is 18.0 Å². The number of piperidine rings is 3. The molecular weight excluding hydrogens is 665 g/mol. The molecule has 1 aromatic carbocycles. The summed E-state index contributed by atoms with van der Waals surface area (Å²) in [5, 5.41) is 10.9. The highest BCUT2D eigenvalue weighted by Crippen LogP contribution is 2.37. The van der Waals surface area contributed by atoms with Gasteiger partial charge in [0, 0.05) is 34.9 Å². The van der Waals surface area contributed by atoms with Crippen LogP contribution < -0.4 is 5.11 Å². The molecule has 3 aliphatic heterocycles. The lowest BCUT2D eigenvalue weighted by molar-refractivity contribution is -0.946. The molecule has 3 fully saturated rings. The minimum atomic E-state index is -5.19. The van der Waals surface area contributed by atoms with E-state index < -0.39 is 12.1 Å². The second-order valence-electron chi connectivity index (χ2n) is 11.4. The molecular formula is C31H36BrF3N2O4S2. The van der Waals surface area contributed by atoms with E-state index in [1.165, 1.54) is 65.3 Å². The predicted octanol–water partition coefficient (Wildman–Crippen LogP) is 6.87. The van der Waals surface area contributed by atoms with E-state index in [-0.39, 0.29) is 12.2 Å². The summed E-state index contributed by atoms with van der Waals surface area (Å²) >= 11 is 7.04. The Labute approximate surface area is 266 Å². The van der Waals surface area contributed by atoms with Crippen LogP contribution in [-0.4, -0.2) is 59.9 Å². The zero-order valence-corrected chi connectivity index (χ0v) is 27.4. The number of carbonyl (C=O) groups excluding carboxylic acids is 2. The van der Waals surface area contributed by atoms with Crippen LogP contribution in [-0.2, 0) is 29.0 Å². The van der Waals surface area contributed by atoms with E-state index in [1.54, 1.807) is 22.7 Å². The van der Waals surface area contributed by atoms with Crippen LogP contribution in [0.2, 0.25) is 0 Å². The van der Waals surface area contributed by atoms with E-state index in [4.69, 9.17) is 14.6 Å². The molecule has 5 heterocycles. The van der Waals surface area contributed by atoms with Gasteiger partial charge in [0.15, 0.2) is 6.10 Å². The first kappa shape index (κ1) is 33.5. The number of rotatable bonds is 9. The van der Waals surface area contributed by atoms with Crippen LogP contribution in [0.5, 0.6) is 0 Å². The van der Waals surface area contributed by atoms with Crippen molar-refractivity contribution in [1.29, 1.82) is 0 Å². The lowest BCUT2D eigenvalue weighted by Crippen LogP contribution is -2.65. The number of amides is 1. The minimum Gasteiger partial charge on any atom is -0.542 e. The van der Waals surface area contributed by atoms with Gasteiger partial charge in [0.1, 0.15) is 12.5 Å². The van der Waals surface area contributed by atoms with Gasteiger partial charge in [0.05, 0.1) is 36.5 Å². The van der Waals surface area contributed by atoms with E-state index in [0.29, 0.717) is 19.0 Å². The molecule has 0 radical (unpaired) electrons. The van der Waals surface area contributed by atoms with Crippen molar-refractivity contribution in [1.82, 2.24) is 4.90 Å². The first-order valence-electron chi connectivity index (χ1n) is 14.3. The van der Waals surface area contributed by atoms with Crippen molar-refractivity contribution >= 4 is 50.7 Å². The predicted molar refractivity (Wildman–Crippen MR) is 164 cm³/mol. The average Bonchev–Trinajstić information content (AvgIpc) is 3.51. The summed E-state index contributed by atoms with van der Waals surface area (Å²) in [5.74, 6) is -2.50. The van der Waals surface area contributed by atoms with Crippen molar-refractivity contribution in [3.63, 3.8) is 0 Å². The summed E-state index contributed by atoms with van der Waals surface area (Å²) in [6.07, 6.45) is -0.675. The number of quaternary nitrogens is 1. The molecule has 12 heteroatoms. The lowest BCUT2D eigenvalue weighted by Gasteiger charge is -2.52. The second-order valence-corrected chi connectivity index (χ2v) is 14.9. The third kappa shape index (κ3) is 9.29. The summed E-state index contributed by atoms with van der Waals surface area (Å²) in [6, 6.07) is 15.1. The Kier molecular flexibility index (Phi) is 11.4. The quantitative estimate of drug-likeness (QED) is 0.229. The van der Waals surface area contributed by atoms with Gasteiger partial charge < -0.3 is 19.1 Å². The van der Waals surface area contributed by atoms with E-state index in [2.05, 4.69) is 77.6 Å². The number of hydrogen-bond donors (Lipinski definition) is 0. The monoisotopic (exact) mass is 700 g/mol. The Morgan fingerprint density at radius 1 is 1.07 bits per heavy atom. The molecule has 0 aliphatic carbocycles. The number of benzene rings is 1. The van der Waals surface area contributed by atoms with Gasteiger partial charge in [-0.25, -0.2) is 4.79 Å². The van der Waals surface area contributed by atoms with Gasteiger partial charge in [0.2, 0.25) is 0 Å². The minimum absolute atomic E-state index is 0.0276. The van der Waals surface area contributed by atoms with Gasteiger partial charge >= 0.3 is 12.3 Å². The van der Waals surface area contributed by atoms with Gasteiger partial charge in [-0.1, -0.05) is 30.3 Å². The molecule has 3 saturated heterocycles. The molecule has 3 aliphatic rings. The first-order valence-corrected chi connectivity index (χ1v) is 16.7. The second kappa shape index (κ2) is 14.6. The maximum Gasteiger partial charge on any atom is 0.430 e. The zero-order chi connectivity index (χ0) is 31.2. The van der Waals surface area contributed by atoms with Crippen LogP contribution >= 0.6 is 38.6 Å². The summed E-state index contributed by atoms with van der Waals surface area (Å²) in [6.45, 7) is 10.0. The summed E-state index contributed by atoms with van der Waals surface area (Å²) in [5.41, 5.74) is 3.88. The maximum atomic E-state index is 13.6. The van der Waals surface area contributed by atoms with Crippen molar-refractivity contribution < 1.29 is 37.1 Å². The number of carboxylic acids is 1. The summed E-state index contributed by atoms with van der Waals surface area (Å²) in [4.78, 5) is 26.8. The Hall–Kier alpha value is -2.41. The van der Waals surface area contributed by atoms with Crippen LogP contribution in [0.3, 0.4) is 0 Å². The number of alkyl halides is 3. The van der Waals surface area contributed by atoms with Crippen LogP contribution in [0.15, 0.2) is 51.6 Å². The first-order chi connectivity index (χ1) is 20.3. The Morgan fingerprint density at radius 2 is 1.72 bits per heavy atom. The number of carboxylic acid groups (broad SMARTS) is 1. The molecule has 2 bridgehead atoms. The molecule has 0 unspecified atom stereocenters. The lowest BCUT2D eigenvalue weighted by atomic mass is 9.83. The highest BCUT2D eigenvalue weighted by Gasteiger charge is 2.47. The van der Waals surface area contributed by atoms with Crippen LogP contribution in [0.25, 0.3) is 0 Å². The SMILES string of the molecule is Cc1ccsc1CN(Cc1sc(Br)cc1C)C(=O)O[C@H]1C[N+]2(CCCc3ccccc3)CCC1CC2.O=C([O-])C(F)(F)F. The zero-order valence-electron chi connectivity index (χ0n) is 24.2. The third-order valence-corrected chi connectivity index (χ3v) is 11.1. The topological polar surface area (TPSA) is 69.7 Å². The summed E-state index contributed by atoms with van der Waals surface area (Å²) < 4.78 is 40.1. The Balaban J connectivity index is 0.000000541. The molecule has 1 amide bonds. The number of hydrogen-bond acceptors (Lipinski definition) is 6. The van der Waals surface area contributed by atoms with Gasteiger partial charge in [-0.2, -0.15) is 13.2 Å². The van der Waals surface area contributed by atoms with Crippen molar-refractivity contribution in [3.05, 3.63) is 78.1 Å². The fourth-order valence-corrected chi connectivity index (χ4v) is 8.63. The molecule has 2 aromatic heterocycles. The van der Waals surface area contributed by atoms with Crippen molar-refractivity contribution in [2.24, 2.45) is 5.92 Å². The van der Waals surface area contributed by atoms with Crippen molar-refractivity contribution in [2.75, 3.05) is 26.2 Å². The number of ether oxygens (including phenoxy) is 1. The highest BCUT2D eigenvalue weighted by atomic mass is 79.9. The molecule has 0 spiro atoms. The van der Waals surface area contributed by atoms with Crippen molar-refractivity contribution in [2.45, 2.75) is 64.9 Å². The molecule has 6 rings (SSSR count). The maximum absolute atomic E-state index is 13.6. The molecule has 3 aromatic rings. The number of thiophene rings is 2. The fourth-order valence-electron chi connectivity index (χ4n) is 5.87. The number of halogens is 4. The standard InChI is InChI=1S/C29H36BrN2O2S2.C2HF3O2/c1-21-12-16-35-26(21)18-31(19-27-22(2)17-28(30)36-27)29(33)34-25-20-32(14-10-24(25)11-15-32)13-6-9-23-7-4-3-5-8-23;3-2(4,5)1(6)7/h3-5,7-8,12,16-17,24-25H,6,9-11,13-15,18-20H2,1-2H3;(H,6,7)/q+1;/p-1/t24?,25-,32?;/m0./s1. The largest absolute Gasteiger partial charge is 0.542 e. The van der Waals surface area contributed by atoms with E-state index >= 15 is 0 Å². The third-order valence-electron chi connectivity index (χ3n) is 8.35. The number of nitrogens with zero attached hydrogens (tertiary/aromatic N) is 2. The fraction of sp³-hybridized carbons (Fsp3) is 0.484. The molecule has 1 atom stereocenters. The van der Waals surface area contributed by atoms with Gasteiger partial charge in [-0.05, 0) is 70.4 Å². The number of carbonyl (C=O) groups is 2. The van der Waals surface area contributed by atoms with Crippen molar-refractivity contribution in [3.8, 4) is 0 Å². The van der Waals surface area contributed by atoms with Crippen LogP contribution in [0.4, 0.5) is 18.0 Å². The van der Waals surface area contributed by atoms with Crippen LogP contribution in [0.1, 0.15) is 45.7 Å². The van der Waals surface area contributed by atoms with E-state index in [0.717, 1.165) is 21.2 Å².